The Labute approximate surface area is 179 Å². The summed E-state index contributed by atoms with van der Waals surface area (Å²) < 4.78 is 10.9. The first-order valence-electron chi connectivity index (χ1n) is 10.2. The van der Waals surface area contributed by atoms with Gasteiger partial charge in [0.15, 0.2) is 0 Å². The number of hydrogen-bond donors (Lipinski definition) is 3. The molecule has 4 rings (SSSR count). The number of carbonyl (C=O) groups excluding carboxylic acids is 2. The number of aliphatic carboxylic acids is 1. The van der Waals surface area contributed by atoms with Gasteiger partial charge in [-0.25, -0.2) is 4.79 Å². The van der Waals surface area contributed by atoms with Gasteiger partial charge in [0, 0.05) is 25.5 Å². The largest absolute Gasteiger partial charge is 0.481 e. The van der Waals surface area contributed by atoms with Gasteiger partial charge in [-0.05, 0) is 22.3 Å². The van der Waals surface area contributed by atoms with Crippen molar-refractivity contribution in [2.24, 2.45) is 0 Å². The van der Waals surface area contributed by atoms with E-state index in [9.17, 15) is 14.4 Å². The van der Waals surface area contributed by atoms with Gasteiger partial charge in [-0.2, -0.15) is 0 Å². The minimum absolute atomic E-state index is 0.0100. The van der Waals surface area contributed by atoms with Crippen molar-refractivity contribution in [3.63, 3.8) is 0 Å². The fourth-order valence-electron chi connectivity index (χ4n) is 4.18. The molecule has 0 bridgehead atoms. The molecule has 1 atom stereocenters. The summed E-state index contributed by atoms with van der Waals surface area (Å²) in [4.78, 5) is 35.9. The van der Waals surface area contributed by atoms with Crippen molar-refractivity contribution >= 4 is 18.0 Å². The smallest absolute Gasteiger partial charge is 0.408 e. The molecule has 2 amide bonds. The highest BCUT2D eigenvalue weighted by atomic mass is 16.6. The monoisotopic (exact) mass is 424 g/mol. The minimum atomic E-state index is -1.26. The predicted molar refractivity (Wildman–Crippen MR) is 112 cm³/mol. The summed E-state index contributed by atoms with van der Waals surface area (Å²) >= 11 is 0. The number of ether oxygens (including phenoxy) is 2. The summed E-state index contributed by atoms with van der Waals surface area (Å²) in [6.45, 7) is 0.436. The van der Waals surface area contributed by atoms with Crippen LogP contribution in [0.5, 0.6) is 0 Å². The predicted octanol–water partition coefficient (Wildman–Crippen LogP) is 2.28. The standard InChI is InChI=1S/C23H24N2O6/c26-20(27)9-11-24-21(28)23(10-12-30-14-23)25-22(29)31-13-19-17-7-3-1-5-15(17)16-6-2-4-8-18(16)19/h1-8,19H,9-14H2,(H,24,28)(H,25,29)(H,26,27). The number of hydrogen-bond acceptors (Lipinski definition) is 5. The van der Waals surface area contributed by atoms with E-state index in [-0.39, 0.29) is 38.5 Å². The van der Waals surface area contributed by atoms with Gasteiger partial charge in [-0.3, -0.25) is 9.59 Å². The van der Waals surface area contributed by atoms with Crippen LogP contribution in [0.25, 0.3) is 11.1 Å². The normalized spacial score (nSPS) is 19.4. The van der Waals surface area contributed by atoms with Crippen LogP contribution in [0, 0.1) is 0 Å². The third-order valence-electron chi connectivity index (χ3n) is 5.77. The van der Waals surface area contributed by atoms with E-state index in [1.54, 1.807) is 0 Å². The first-order chi connectivity index (χ1) is 15.0. The summed E-state index contributed by atoms with van der Waals surface area (Å²) in [5.74, 6) is -1.57. The number of amides is 2. The van der Waals surface area contributed by atoms with Crippen molar-refractivity contribution in [1.29, 1.82) is 0 Å². The molecule has 1 heterocycles. The van der Waals surface area contributed by atoms with Gasteiger partial charge in [0.05, 0.1) is 13.0 Å². The lowest BCUT2D eigenvalue weighted by Gasteiger charge is -2.27. The molecule has 31 heavy (non-hydrogen) atoms. The summed E-state index contributed by atoms with van der Waals surface area (Å²) in [5.41, 5.74) is 3.20. The molecule has 1 aliphatic carbocycles. The molecule has 162 valence electrons. The Hall–Kier alpha value is -3.39. The molecule has 1 aliphatic heterocycles. The fraction of sp³-hybridized carbons (Fsp3) is 0.348. The van der Waals surface area contributed by atoms with Crippen LogP contribution in [-0.2, 0) is 19.1 Å². The van der Waals surface area contributed by atoms with Gasteiger partial charge in [0.2, 0.25) is 5.91 Å². The number of carboxylic acids is 1. The molecule has 2 aromatic rings. The second kappa shape index (κ2) is 8.77. The van der Waals surface area contributed by atoms with E-state index in [0.29, 0.717) is 6.61 Å². The molecular formula is C23H24N2O6. The first kappa shape index (κ1) is 20.9. The van der Waals surface area contributed by atoms with Crippen molar-refractivity contribution in [3.8, 4) is 11.1 Å². The molecule has 0 spiro atoms. The summed E-state index contributed by atoms with van der Waals surface area (Å²) in [5, 5.41) is 14.0. The molecule has 3 N–H and O–H groups in total. The van der Waals surface area contributed by atoms with Crippen LogP contribution in [0.2, 0.25) is 0 Å². The van der Waals surface area contributed by atoms with Crippen molar-refractivity contribution in [3.05, 3.63) is 59.7 Å². The van der Waals surface area contributed by atoms with Crippen LogP contribution in [-0.4, -0.2) is 55.0 Å². The molecule has 0 radical (unpaired) electrons. The Kier molecular flexibility index (Phi) is 5.90. The van der Waals surface area contributed by atoms with Gasteiger partial charge in [0.1, 0.15) is 12.1 Å². The van der Waals surface area contributed by atoms with Gasteiger partial charge in [-0.15, -0.1) is 0 Å². The van der Waals surface area contributed by atoms with Gasteiger partial charge in [-0.1, -0.05) is 48.5 Å². The van der Waals surface area contributed by atoms with E-state index >= 15 is 0 Å². The maximum absolute atomic E-state index is 12.6. The summed E-state index contributed by atoms with van der Waals surface area (Å²) in [6, 6.07) is 16.1. The minimum Gasteiger partial charge on any atom is -0.481 e. The van der Waals surface area contributed by atoms with Crippen molar-refractivity contribution in [1.82, 2.24) is 10.6 Å². The molecular weight excluding hydrogens is 400 g/mol. The second-order valence-electron chi connectivity index (χ2n) is 7.73. The highest BCUT2D eigenvalue weighted by Crippen LogP contribution is 2.44. The highest BCUT2D eigenvalue weighted by Gasteiger charge is 2.44. The lowest BCUT2D eigenvalue weighted by molar-refractivity contribution is -0.137. The molecule has 8 nitrogen and oxygen atoms in total. The Bertz CT molecular complexity index is 954. The van der Waals surface area contributed by atoms with Crippen molar-refractivity contribution in [2.75, 3.05) is 26.4 Å². The van der Waals surface area contributed by atoms with Gasteiger partial charge < -0.3 is 25.2 Å². The van der Waals surface area contributed by atoms with Crippen molar-refractivity contribution < 1.29 is 29.0 Å². The number of carbonyl (C=O) groups is 3. The molecule has 1 saturated heterocycles. The number of rotatable bonds is 7. The quantitative estimate of drug-likeness (QED) is 0.628. The van der Waals surface area contributed by atoms with E-state index in [4.69, 9.17) is 14.6 Å². The average molecular weight is 424 g/mol. The fourth-order valence-corrected chi connectivity index (χ4v) is 4.18. The maximum Gasteiger partial charge on any atom is 0.408 e. The topological polar surface area (TPSA) is 114 Å². The number of benzene rings is 2. The van der Waals surface area contributed by atoms with Crippen LogP contribution in [0.4, 0.5) is 4.79 Å². The molecule has 1 fully saturated rings. The van der Waals surface area contributed by atoms with E-state index in [1.165, 1.54) is 0 Å². The summed E-state index contributed by atoms with van der Waals surface area (Å²) in [6.07, 6.45) is -0.621. The zero-order valence-corrected chi connectivity index (χ0v) is 16.9. The molecule has 2 aromatic carbocycles. The van der Waals surface area contributed by atoms with Crippen LogP contribution < -0.4 is 10.6 Å². The highest BCUT2D eigenvalue weighted by molar-refractivity contribution is 5.90. The Morgan fingerprint density at radius 2 is 1.71 bits per heavy atom. The number of carboxylic acid groups (broad SMARTS) is 1. The van der Waals surface area contributed by atoms with E-state index in [2.05, 4.69) is 22.8 Å². The molecule has 0 aromatic heterocycles. The molecule has 2 aliphatic rings. The average Bonchev–Trinajstić information content (AvgIpc) is 3.36. The Morgan fingerprint density at radius 3 is 2.29 bits per heavy atom. The lowest BCUT2D eigenvalue weighted by atomic mass is 9.97. The molecule has 0 saturated carbocycles. The number of alkyl carbamates (subject to hydrolysis) is 1. The van der Waals surface area contributed by atoms with Gasteiger partial charge >= 0.3 is 12.1 Å². The molecule has 8 heteroatoms. The first-order valence-corrected chi connectivity index (χ1v) is 10.2. The maximum atomic E-state index is 12.6. The Balaban J connectivity index is 1.41. The van der Waals surface area contributed by atoms with E-state index < -0.39 is 23.5 Å². The zero-order valence-electron chi connectivity index (χ0n) is 16.9. The lowest BCUT2D eigenvalue weighted by Crippen LogP contribution is -2.59. The number of fused-ring (bicyclic) bond motifs is 3. The third kappa shape index (κ3) is 4.25. The van der Waals surface area contributed by atoms with Crippen LogP contribution in [0.15, 0.2) is 48.5 Å². The van der Waals surface area contributed by atoms with Crippen LogP contribution in [0.1, 0.15) is 29.9 Å². The summed E-state index contributed by atoms with van der Waals surface area (Å²) in [7, 11) is 0. The van der Waals surface area contributed by atoms with Crippen LogP contribution in [0.3, 0.4) is 0 Å². The van der Waals surface area contributed by atoms with E-state index in [1.807, 2.05) is 36.4 Å². The van der Waals surface area contributed by atoms with Crippen LogP contribution >= 0.6 is 0 Å². The number of nitrogens with one attached hydrogen (secondary N) is 2. The zero-order chi connectivity index (χ0) is 21.8. The van der Waals surface area contributed by atoms with Crippen molar-refractivity contribution in [2.45, 2.75) is 24.3 Å². The SMILES string of the molecule is O=C(O)CCNC(=O)C1(NC(=O)OCC2c3ccccc3-c3ccccc32)CCOC1. The van der Waals surface area contributed by atoms with Gasteiger partial charge in [0.25, 0.3) is 0 Å². The second-order valence-corrected chi connectivity index (χ2v) is 7.73. The molecule has 1 unspecified atom stereocenters. The third-order valence-corrected chi connectivity index (χ3v) is 5.77. The van der Waals surface area contributed by atoms with E-state index in [0.717, 1.165) is 22.3 Å². The Morgan fingerprint density at radius 1 is 1.06 bits per heavy atom.